The number of carbonyl (C=O) groups is 1. The van der Waals surface area contributed by atoms with E-state index in [0.29, 0.717) is 23.9 Å². The van der Waals surface area contributed by atoms with Crippen LogP contribution < -0.4 is 10.6 Å². The van der Waals surface area contributed by atoms with Crippen LogP contribution in [0.3, 0.4) is 0 Å². The molecule has 0 aliphatic heterocycles. The fourth-order valence-corrected chi connectivity index (χ4v) is 1.84. The zero-order chi connectivity index (χ0) is 15.3. The number of ether oxygens (including phenoxy) is 2. The summed E-state index contributed by atoms with van der Waals surface area (Å²) in [5.74, 6) is -0.0977. The molecule has 0 radical (unpaired) electrons. The third-order valence-corrected chi connectivity index (χ3v) is 3.09. The number of amides is 1. The lowest BCUT2D eigenvalue weighted by atomic mass is 10.3. The molecule has 1 aromatic carbocycles. The van der Waals surface area contributed by atoms with Gasteiger partial charge in [-0.15, -0.1) is 0 Å². The SMILES string of the molecule is COCCOCCCCNCC(=O)Nc1ccccc1Cl. The Morgan fingerprint density at radius 3 is 2.76 bits per heavy atom. The van der Waals surface area contributed by atoms with Crippen LogP contribution in [0.15, 0.2) is 24.3 Å². The van der Waals surface area contributed by atoms with E-state index in [0.717, 1.165) is 26.0 Å². The smallest absolute Gasteiger partial charge is 0.238 e. The number of hydrogen-bond donors (Lipinski definition) is 2. The molecule has 0 fully saturated rings. The number of unbranched alkanes of at least 4 members (excludes halogenated alkanes) is 1. The van der Waals surface area contributed by atoms with Crippen molar-refractivity contribution in [2.24, 2.45) is 0 Å². The summed E-state index contributed by atoms with van der Waals surface area (Å²) in [6.07, 6.45) is 1.93. The van der Waals surface area contributed by atoms with E-state index < -0.39 is 0 Å². The van der Waals surface area contributed by atoms with Crippen LogP contribution in [-0.4, -0.2) is 45.9 Å². The molecule has 0 aliphatic rings. The minimum absolute atomic E-state index is 0.0977. The van der Waals surface area contributed by atoms with Crippen molar-refractivity contribution in [1.29, 1.82) is 0 Å². The molecule has 0 aromatic heterocycles. The van der Waals surface area contributed by atoms with Gasteiger partial charge in [0.1, 0.15) is 0 Å². The number of halogens is 1. The molecule has 0 unspecified atom stereocenters. The largest absolute Gasteiger partial charge is 0.382 e. The molecule has 0 heterocycles. The van der Waals surface area contributed by atoms with E-state index in [1.807, 2.05) is 12.1 Å². The van der Waals surface area contributed by atoms with E-state index in [-0.39, 0.29) is 12.5 Å². The molecule has 0 atom stereocenters. The molecule has 2 N–H and O–H groups in total. The van der Waals surface area contributed by atoms with Crippen molar-refractivity contribution in [3.05, 3.63) is 29.3 Å². The van der Waals surface area contributed by atoms with Crippen molar-refractivity contribution in [2.45, 2.75) is 12.8 Å². The van der Waals surface area contributed by atoms with Gasteiger partial charge in [0, 0.05) is 13.7 Å². The Morgan fingerprint density at radius 1 is 1.19 bits per heavy atom. The summed E-state index contributed by atoms with van der Waals surface area (Å²) in [4.78, 5) is 11.7. The maximum Gasteiger partial charge on any atom is 0.238 e. The van der Waals surface area contributed by atoms with Gasteiger partial charge in [0.15, 0.2) is 0 Å². The van der Waals surface area contributed by atoms with Crippen molar-refractivity contribution in [2.75, 3.05) is 45.3 Å². The van der Waals surface area contributed by atoms with Crippen molar-refractivity contribution in [3.63, 3.8) is 0 Å². The highest BCUT2D eigenvalue weighted by atomic mass is 35.5. The molecule has 5 nitrogen and oxygen atoms in total. The second-order valence-electron chi connectivity index (χ2n) is 4.52. The number of benzene rings is 1. The van der Waals surface area contributed by atoms with Gasteiger partial charge >= 0.3 is 0 Å². The normalized spacial score (nSPS) is 10.6. The highest BCUT2D eigenvalue weighted by molar-refractivity contribution is 6.33. The number of hydrogen-bond acceptors (Lipinski definition) is 4. The van der Waals surface area contributed by atoms with E-state index in [9.17, 15) is 4.79 Å². The Labute approximate surface area is 131 Å². The lowest BCUT2D eigenvalue weighted by Gasteiger charge is -2.08. The van der Waals surface area contributed by atoms with Crippen molar-refractivity contribution < 1.29 is 14.3 Å². The van der Waals surface area contributed by atoms with Crippen LogP contribution in [0.25, 0.3) is 0 Å². The summed E-state index contributed by atoms with van der Waals surface area (Å²) < 4.78 is 10.2. The van der Waals surface area contributed by atoms with Crippen LogP contribution in [-0.2, 0) is 14.3 Å². The summed E-state index contributed by atoms with van der Waals surface area (Å²) in [5.41, 5.74) is 0.637. The first-order valence-electron chi connectivity index (χ1n) is 7.06. The highest BCUT2D eigenvalue weighted by Crippen LogP contribution is 2.19. The number of rotatable bonds is 11. The van der Waals surface area contributed by atoms with Crippen LogP contribution in [0.2, 0.25) is 5.02 Å². The first-order valence-corrected chi connectivity index (χ1v) is 7.43. The Hall–Kier alpha value is -1.14. The van der Waals surface area contributed by atoms with Gasteiger partial charge in [0.05, 0.1) is 30.5 Å². The van der Waals surface area contributed by atoms with Gasteiger partial charge in [-0.3, -0.25) is 4.79 Å². The molecule has 1 rings (SSSR count). The van der Waals surface area contributed by atoms with Gasteiger partial charge < -0.3 is 20.1 Å². The van der Waals surface area contributed by atoms with Crippen molar-refractivity contribution >= 4 is 23.2 Å². The molecular weight excluding hydrogens is 292 g/mol. The predicted molar refractivity (Wildman–Crippen MR) is 84.9 cm³/mol. The number of carbonyl (C=O) groups excluding carboxylic acids is 1. The zero-order valence-corrected chi connectivity index (χ0v) is 13.1. The quantitative estimate of drug-likeness (QED) is 0.615. The fourth-order valence-electron chi connectivity index (χ4n) is 1.66. The Morgan fingerprint density at radius 2 is 2.00 bits per heavy atom. The summed E-state index contributed by atoms with van der Waals surface area (Å²) in [7, 11) is 1.65. The number of anilines is 1. The van der Waals surface area contributed by atoms with Crippen molar-refractivity contribution in [1.82, 2.24) is 5.32 Å². The molecule has 0 saturated carbocycles. The van der Waals surface area contributed by atoms with Gasteiger partial charge in [-0.05, 0) is 31.5 Å². The predicted octanol–water partition coefficient (Wildman–Crippen LogP) is 2.31. The maximum atomic E-state index is 11.7. The summed E-state index contributed by atoms with van der Waals surface area (Å²) in [6.45, 7) is 3.03. The number of nitrogens with one attached hydrogen (secondary N) is 2. The lowest BCUT2D eigenvalue weighted by molar-refractivity contribution is -0.115. The minimum Gasteiger partial charge on any atom is -0.382 e. The molecule has 0 aliphatic carbocycles. The van der Waals surface area contributed by atoms with Gasteiger partial charge in [-0.1, -0.05) is 23.7 Å². The van der Waals surface area contributed by atoms with Gasteiger partial charge in [0.25, 0.3) is 0 Å². The number of methoxy groups -OCH3 is 1. The number of para-hydroxylation sites is 1. The summed E-state index contributed by atoms with van der Waals surface area (Å²) in [5, 5.41) is 6.40. The molecule has 0 saturated heterocycles. The van der Waals surface area contributed by atoms with Gasteiger partial charge in [-0.2, -0.15) is 0 Å². The second-order valence-corrected chi connectivity index (χ2v) is 4.92. The minimum atomic E-state index is -0.0977. The molecular formula is C15H23ClN2O3. The average molecular weight is 315 g/mol. The molecule has 0 spiro atoms. The third-order valence-electron chi connectivity index (χ3n) is 2.76. The molecule has 1 aromatic rings. The average Bonchev–Trinajstić information content (AvgIpc) is 2.48. The van der Waals surface area contributed by atoms with E-state index >= 15 is 0 Å². The van der Waals surface area contributed by atoms with E-state index in [4.69, 9.17) is 21.1 Å². The molecule has 118 valence electrons. The van der Waals surface area contributed by atoms with Crippen molar-refractivity contribution in [3.8, 4) is 0 Å². The molecule has 21 heavy (non-hydrogen) atoms. The standard InChI is InChI=1S/C15H23ClN2O3/c1-20-10-11-21-9-5-4-8-17-12-15(19)18-14-7-3-2-6-13(14)16/h2-3,6-7,17H,4-5,8-12H2,1H3,(H,18,19). The van der Waals surface area contributed by atoms with Crippen LogP contribution in [0.5, 0.6) is 0 Å². The topological polar surface area (TPSA) is 59.6 Å². The Kier molecular flexibility index (Phi) is 9.82. The van der Waals surface area contributed by atoms with Crippen LogP contribution in [0, 0.1) is 0 Å². The van der Waals surface area contributed by atoms with Crippen LogP contribution in [0.1, 0.15) is 12.8 Å². The zero-order valence-electron chi connectivity index (χ0n) is 12.4. The monoisotopic (exact) mass is 314 g/mol. The molecule has 1 amide bonds. The van der Waals surface area contributed by atoms with Crippen LogP contribution >= 0.6 is 11.6 Å². The lowest BCUT2D eigenvalue weighted by Crippen LogP contribution is -2.29. The highest BCUT2D eigenvalue weighted by Gasteiger charge is 2.04. The van der Waals surface area contributed by atoms with E-state index in [1.54, 1.807) is 19.2 Å². The summed E-state index contributed by atoms with van der Waals surface area (Å²) >= 11 is 5.97. The Bertz CT molecular complexity index is 416. The van der Waals surface area contributed by atoms with E-state index in [1.165, 1.54) is 0 Å². The molecule has 6 heteroatoms. The summed E-state index contributed by atoms with van der Waals surface area (Å²) in [6, 6.07) is 7.18. The fraction of sp³-hybridized carbons (Fsp3) is 0.533. The van der Waals surface area contributed by atoms with Gasteiger partial charge in [-0.25, -0.2) is 0 Å². The maximum absolute atomic E-state index is 11.7. The van der Waals surface area contributed by atoms with Crippen LogP contribution in [0.4, 0.5) is 5.69 Å². The second kappa shape index (κ2) is 11.5. The molecule has 0 bridgehead atoms. The van der Waals surface area contributed by atoms with Gasteiger partial charge in [0.2, 0.25) is 5.91 Å². The van der Waals surface area contributed by atoms with E-state index in [2.05, 4.69) is 10.6 Å². The first kappa shape index (κ1) is 17.9. The third kappa shape index (κ3) is 8.67. The Balaban J connectivity index is 2.00. The first-order chi connectivity index (χ1) is 10.2.